The van der Waals surface area contributed by atoms with E-state index in [1.165, 1.54) is 0 Å². The van der Waals surface area contributed by atoms with Crippen LogP contribution in [0.1, 0.15) is 19.4 Å². The number of nitrogens with one attached hydrogen (secondary N) is 2. The number of aromatic hydroxyl groups is 1. The van der Waals surface area contributed by atoms with Crippen LogP contribution < -0.4 is 24.8 Å². The van der Waals surface area contributed by atoms with E-state index in [-0.39, 0.29) is 29.7 Å². The minimum atomic E-state index is 0. The third-order valence-corrected chi connectivity index (χ3v) is 3.76. The van der Waals surface area contributed by atoms with E-state index in [2.05, 4.69) is 15.6 Å². The van der Waals surface area contributed by atoms with Crippen molar-refractivity contribution >= 4 is 35.6 Å². The van der Waals surface area contributed by atoms with Crippen LogP contribution in [0.15, 0.2) is 41.4 Å². The molecule has 0 bridgehead atoms. The number of ether oxygens (including phenoxy) is 3. The molecule has 28 heavy (non-hydrogen) atoms. The summed E-state index contributed by atoms with van der Waals surface area (Å²) in [7, 11) is 3.20. The zero-order chi connectivity index (χ0) is 19.6. The number of hydrogen-bond donors (Lipinski definition) is 3. The minimum absolute atomic E-state index is 0. The molecule has 2 rings (SSSR count). The topological polar surface area (TPSA) is 84.3 Å². The summed E-state index contributed by atoms with van der Waals surface area (Å²) in [5.41, 5.74) is 1.49. The first-order valence-corrected chi connectivity index (χ1v) is 8.83. The summed E-state index contributed by atoms with van der Waals surface area (Å²) < 4.78 is 16.1. The number of guanidine groups is 1. The number of nitrogens with zero attached hydrogens (tertiary/aromatic N) is 1. The summed E-state index contributed by atoms with van der Waals surface area (Å²) in [6.45, 7) is 5.45. The van der Waals surface area contributed by atoms with E-state index in [0.717, 1.165) is 5.69 Å². The molecule has 3 N–H and O–H groups in total. The van der Waals surface area contributed by atoms with Crippen molar-refractivity contribution in [2.45, 2.75) is 20.4 Å². The Morgan fingerprint density at radius 3 is 2.46 bits per heavy atom. The van der Waals surface area contributed by atoms with E-state index in [0.29, 0.717) is 48.5 Å². The molecule has 0 unspecified atom stereocenters. The summed E-state index contributed by atoms with van der Waals surface area (Å²) in [6, 6.07) is 10.7. The summed E-state index contributed by atoms with van der Waals surface area (Å²) in [4.78, 5) is 4.54. The van der Waals surface area contributed by atoms with Gasteiger partial charge in [-0.05, 0) is 44.2 Å². The molecule has 0 spiro atoms. The van der Waals surface area contributed by atoms with Crippen molar-refractivity contribution in [1.82, 2.24) is 5.32 Å². The van der Waals surface area contributed by atoms with Crippen molar-refractivity contribution in [1.29, 1.82) is 0 Å². The zero-order valence-electron chi connectivity index (χ0n) is 16.6. The van der Waals surface area contributed by atoms with E-state index < -0.39 is 0 Å². The van der Waals surface area contributed by atoms with Gasteiger partial charge in [-0.15, -0.1) is 24.0 Å². The molecule has 0 amide bonds. The lowest BCUT2D eigenvalue weighted by atomic mass is 10.2. The van der Waals surface area contributed by atoms with Gasteiger partial charge in [-0.3, -0.25) is 0 Å². The number of benzene rings is 2. The number of phenols is 1. The molecule has 7 nitrogen and oxygen atoms in total. The molecule has 154 valence electrons. The van der Waals surface area contributed by atoms with Gasteiger partial charge in [0.15, 0.2) is 17.5 Å². The van der Waals surface area contributed by atoms with Gasteiger partial charge in [0.25, 0.3) is 0 Å². The Labute approximate surface area is 183 Å². The molecule has 0 atom stereocenters. The minimum Gasteiger partial charge on any atom is -0.508 e. The van der Waals surface area contributed by atoms with Crippen molar-refractivity contribution in [3.8, 4) is 23.0 Å². The number of rotatable bonds is 8. The van der Waals surface area contributed by atoms with E-state index in [1.807, 2.05) is 32.0 Å². The molecule has 2 aromatic rings. The zero-order valence-corrected chi connectivity index (χ0v) is 18.9. The Morgan fingerprint density at radius 2 is 1.82 bits per heavy atom. The molecule has 0 aliphatic rings. The maximum atomic E-state index is 10.0. The van der Waals surface area contributed by atoms with Gasteiger partial charge in [0.05, 0.1) is 27.4 Å². The fraction of sp³-hybridized carbons (Fsp3) is 0.350. The molecule has 0 aromatic heterocycles. The van der Waals surface area contributed by atoms with Crippen molar-refractivity contribution in [2.75, 3.05) is 32.7 Å². The molecular weight excluding hydrogens is 473 g/mol. The lowest BCUT2D eigenvalue weighted by Crippen LogP contribution is -2.30. The Hall–Kier alpha value is -2.36. The first-order valence-electron chi connectivity index (χ1n) is 8.83. The second-order valence-corrected chi connectivity index (χ2v) is 5.61. The average molecular weight is 501 g/mol. The molecule has 0 radical (unpaired) electrons. The van der Waals surface area contributed by atoms with E-state index in [4.69, 9.17) is 14.2 Å². The maximum Gasteiger partial charge on any atom is 0.196 e. The van der Waals surface area contributed by atoms with Crippen LogP contribution in [0, 0.1) is 0 Å². The monoisotopic (exact) mass is 501 g/mol. The van der Waals surface area contributed by atoms with Crippen LogP contribution in [0.5, 0.6) is 23.0 Å². The van der Waals surface area contributed by atoms with Crippen molar-refractivity contribution in [2.24, 2.45) is 4.99 Å². The molecule has 0 fully saturated rings. The Balaban J connectivity index is 0.00000392. The number of anilines is 1. The van der Waals surface area contributed by atoms with E-state index in [1.54, 1.807) is 32.4 Å². The Kier molecular flexibility index (Phi) is 10.3. The van der Waals surface area contributed by atoms with Gasteiger partial charge in [-0.25, -0.2) is 4.99 Å². The van der Waals surface area contributed by atoms with Crippen LogP contribution in [0.3, 0.4) is 0 Å². The number of methoxy groups -OCH3 is 2. The second kappa shape index (κ2) is 12.2. The molecule has 0 saturated heterocycles. The highest BCUT2D eigenvalue weighted by atomic mass is 127. The smallest absolute Gasteiger partial charge is 0.196 e. The Bertz CT molecular complexity index is 784. The van der Waals surface area contributed by atoms with E-state index in [9.17, 15) is 5.11 Å². The van der Waals surface area contributed by atoms with Gasteiger partial charge in [0.2, 0.25) is 0 Å². The number of hydrogen-bond acceptors (Lipinski definition) is 5. The molecule has 2 aromatic carbocycles. The quantitative estimate of drug-likeness (QED) is 0.288. The number of phenolic OH excluding ortho intramolecular Hbond substituents is 1. The van der Waals surface area contributed by atoms with Crippen molar-refractivity contribution < 1.29 is 19.3 Å². The fourth-order valence-electron chi connectivity index (χ4n) is 2.45. The van der Waals surface area contributed by atoms with Crippen LogP contribution in [0.4, 0.5) is 5.69 Å². The van der Waals surface area contributed by atoms with Crippen LogP contribution in [0.2, 0.25) is 0 Å². The first-order chi connectivity index (χ1) is 13.1. The summed E-state index contributed by atoms with van der Waals surface area (Å²) >= 11 is 0. The second-order valence-electron chi connectivity index (χ2n) is 5.61. The van der Waals surface area contributed by atoms with Crippen LogP contribution in [-0.4, -0.2) is 38.4 Å². The van der Waals surface area contributed by atoms with Gasteiger partial charge < -0.3 is 30.0 Å². The predicted octanol–water partition coefficient (Wildman–Crippen LogP) is 4.00. The maximum absolute atomic E-state index is 10.0. The van der Waals surface area contributed by atoms with Gasteiger partial charge in [0.1, 0.15) is 11.5 Å². The number of halogens is 1. The van der Waals surface area contributed by atoms with Gasteiger partial charge in [-0.2, -0.15) is 0 Å². The molecule has 0 heterocycles. The SMILES string of the molecule is CCNC(=NCc1cc(OC)ccc1O)Nc1ccc(OC)c(OCC)c1.I. The van der Waals surface area contributed by atoms with Crippen LogP contribution in [0.25, 0.3) is 0 Å². The van der Waals surface area contributed by atoms with Crippen LogP contribution in [-0.2, 0) is 6.54 Å². The standard InChI is InChI=1S/C20H27N3O4.HI/c1-5-21-20(22-13-14-11-16(25-3)8-9-17(14)24)23-15-7-10-18(26-4)19(12-15)27-6-2;/h7-12,24H,5-6,13H2,1-4H3,(H2,21,22,23);1H. The molecule has 0 saturated carbocycles. The number of aliphatic imine (C=N–C) groups is 1. The average Bonchev–Trinajstić information content (AvgIpc) is 2.68. The lowest BCUT2D eigenvalue weighted by Gasteiger charge is -2.14. The lowest BCUT2D eigenvalue weighted by molar-refractivity contribution is 0.311. The summed E-state index contributed by atoms with van der Waals surface area (Å²) in [5.74, 6) is 2.77. The third-order valence-electron chi connectivity index (χ3n) is 3.76. The highest BCUT2D eigenvalue weighted by Gasteiger charge is 2.08. The summed E-state index contributed by atoms with van der Waals surface area (Å²) in [6.07, 6.45) is 0. The van der Waals surface area contributed by atoms with Crippen molar-refractivity contribution in [3.63, 3.8) is 0 Å². The summed E-state index contributed by atoms with van der Waals surface area (Å²) in [5, 5.41) is 16.4. The van der Waals surface area contributed by atoms with Gasteiger partial charge >= 0.3 is 0 Å². The highest BCUT2D eigenvalue weighted by Crippen LogP contribution is 2.30. The fourth-order valence-corrected chi connectivity index (χ4v) is 2.45. The Morgan fingerprint density at radius 1 is 1.04 bits per heavy atom. The van der Waals surface area contributed by atoms with Crippen molar-refractivity contribution in [3.05, 3.63) is 42.0 Å². The predicted molar refractivity (Wildman–Crippen MR) is 123 cm³/mol. The molecule has 8 heteroatoms. The highest BCUT2D eigenvalue weighted by molar-refractivity contribution is 14.0. The molecular formula is C20H28IN3O4. The normalized spacial score (nSPS) is 10.6. The largest absolute Gasteiger partial charge is 0.508 e. The van der Waals surface area contributed by atoms with Gasteiger partial charge in [-0.1, -0.05) is 0 Å². The van der Waals surface area contributed by atoms with Gasteiger partial charge in [0, 0.05) is 23.9 Å². The third kappa shape index (κ3) is 6.66. The molecule has 0 aliphatic carbocycles. The first kappa shape index (κ1) is 23.7. The molecule has 0 aliphatic heterocycles. The van der Waals surface area contributed by atoms with Crippen LogP contribution >= 0.6 is 24.0 Å². The van der Waals surface area contributed by atoms with E-state index >= 15 is 0 Å².